The van der Waals surface area contributed by atoms with Crippen LogP contribution in [0.3, 0.4) is 0 Å². The predicted molar refractivity (Wildman–Crippen MR) is 78.8 cm³/mol. The first kappa shape index (κ1) is 14.6. The molecule has 0 aliphatic rings. The average Bonchev–Trinajstić information content (AvgIpc) is 2.38. The molecule has 1 unspecified atom stereocenters. The Bertz CT molecular complexity index is 602. The summed E-state index contributed by atoms with van der Waals surface area (Å²) in [5.41, 5.74) is 7.66. The topological polar surface area (TPSA) is 26.0 Å². The SMILES string of the molecule is NC(Cc1cccc(F)c1Br)c1ccc(F)c(Br)c1. The Morgan fingerprint density at radius 3 is 2.47 bits per heavy atom. The summed E-state index contributed by atoms with van der Waals surface area (Å²) in [5, 5.41) is 0. The highest BCUT2D eigenvalue weighted by molar-refractivity contribution is 9.10. The van der Waals surface area contributed by atoms with Gasteiger partial charge < -0.3 is 5.73 Å². The van der Waals surface area contributed by atoms with Gasteiger partial charge in [0.25, 0.3) is 0 Å². The molecule has 1 nitrogen and oxygen atoms in total. The molecule has 2 aromatic carbocycles. The van der Waals surface area contributed by atoms with E-state index in [0.717, 1.165) is 11.1 Å². The van der Waals surface area contributed by atoms with Gasteiger partial charge in [0.05, 0.1) is 8.95 Å². The van der Waals surface area contributed by atoms with E-state index in [0.29, 0.717) is 15.4 Å². The van der Waals surface area contributed by atoms with Crippen LogP contribution in [0.15, 0.2) is 45.3 Å². The summed E-state index contributed by atoms with van der Waals surface area (Å²) < 4.78 is 27.4. The Balaban J connectivity index is 2.23. The molecule has 5 heteroatoms. The Morgan fingerprint density at radius 1 is 1.05 bits per heavy atom. The van der Waals surface area contributed by atoms with Gasteiger partial charge in [-0.2, -0.15) is 0 Å². The van der Waals surface area contributed by atoms with Crippen LogP contribution >= 0.6 is 31.9 Å². The Hall–Kier alpha value is -0.780. The van der Waals surface area contributed by atoms with E-state index in [1.165, 1.54) is 12.1 Å². The molecular formula is C14H11Br2F2N. The molecule has 0 radical (unpaired) electrons. The van der Waals surface area contributed by atoms with Crippen molar-refractivity contribution in [3.63, 3.8) is 0 Å². The lowest BCUT2D eigenvalue weighted by atomic mass is 10.00. The molecule has 0 fully saturated rings. The van der Waals surface area contributed by atoms with Crippen molar-refractivity contribution in [1.82, 2.24) is 0 Å². The fourth-order valence-corrected chi connectivity index (χ4v) is 2.63. The minimum Gasteiger partial charge on any atom is -0.324 e. The Kier molecular flexibility index (Phi) is 4.71. The molecule has 19 heavy (non-hydrogen) atoms. The van der Waals surface area contributed by atoms with Gasteiger partial charge in [0.1, 0.15) is 11.6 Å². The highest BCUT2D eigenvalue weighted by Crippen LogP contribution is 2.26. The number of hydrogen-bond donors (Lipinski definition) is 1. The molecule has 1 atom stereocenters. The van der Waals surface area contributed by atoms with Gasteiger partial charge in [0, 0.05) is 6.04 Å². The summed E-state index contributed by atoms with van der Waals surface area (Å²) in [6.07, 6.45) is 0.469. The van der Waals surface area contributed by atoms with Crippen molar-refractivity contribution in [2.24, 2.45) is 5.73 Å². The number of nitrogens with two attached hydrogens (primary N) is 1. The molecule has 2 rings (SSSR count). The van der Waals surface area contributed by atoms with Gasteiger partial charge in [-0.3, -0.25) is 0 Å². The maximum absolute atomic E-state index is 13.4. The molecule has 0 aromatic heterocycles. The van der Waals surface area contributed by atoms with E-state index >= 15 is 0 Å². The van der Waals surface area contributed by atoms with Gasteiger partial charge in [-0.05, 0) is 67.6 Å². The smallest absolute Gasteiger partial charge is 0.137 e. The van der Waals surface area contributed by atoms with E-state index < -0.39 is 0 Å². The maximum atomic E-state index is 13.4. The minimum absolute atomic E-state index is 0.315. The third-order valence-electron chi connectivity index (χ3n) is 2.84. The molecule has 0 heterocycles. The normalized spacial score (nSPS) is 12.5. The first-order valence-corrected chi connectivity index (χ1v) is 7.21. The molecule has 100 valence electrons. The number of rotatable bonds is 3. The van der Waals surface area contributed by atoms with Gasteiger partial charge in [0.15, 0.2) is 0 Å². The molecule has 0 bridgehead atoms. The highest BCUT2D eigenvalue weighted by atomic mass is 79.9. The van der Waals surface area contributed by atoms with Crippen LogP contribution in [0.25, 0.3) is 0 Å². The van der Waals surface area contributed by atoms with Crippen LogP contribution in [-0.2, 0) is 6.42 Å². The standard InChI is InChI=1S/C14H11Br2F2N/c15-10-6-8(4-5-11(10)17)13(19)7-9-2-1-3-12(18)14(9)16/h1-6,13H,7,19H2. The van der Waals surface area contributed by atoms with Crippen molar-refractivity contribution in [2.75, 3.05) is 0 Å². The summed E-state index contributed by atoms with van der Waals surface area (Å²) in [5.74, 6) is -0.645. The van der Waals surface area contributed by atoms with Gasteiger partial charge >= 0.3 is 0 Å². The lowest BCUT2D eigenvalue weighted by Crippen LogP contribution is -2.14. The maximum Gasteiger partial charge on any atom is 0.137 e. The van der Waals surface area contributed by atoms with Gasteiger partial charge in [0.2, 0.25) is 0 Å². The molecule has 0 aliphatic heterocycles. The van der Waals surface area contributed by atoms with Crippen molar-refractivity contribution in [2.45, 2.75) is 12.5 Å². The van der Waals surface area contributed by atoms with Crippen molar-refractivity contribution < 1.29 is 8.78 Å². The summed E-state index contributed by atoms with van der Waals surface area (Å²) in [6, 6.07) is 9.16. The van der Waals surface area contributed by atoms with Gasteiger partial charge in [-0.1, -0.05) is 18.2 Å². The zero-order valence-electron chi connectivity index (χ0n) is 9.84. The van der Waals surface area contributed by atoms with E-state index in [-0.39, 0.29) is 17.7 Å². The molecule has 2 aromatic rings. The second kappa shape index (κ2) is 6.11. The van der Waals surface area contributed by atoms with Crippen LogP contribution in [0.4, 0.5) is 8.78 Å². The molecule has 0 saturated carbocycles. The average molecular weight is 391 g/mol. The van der Waals surface area contributed by atoms with Crippen LogP contribution < -0.4 is 5.73 Å². The van der Waals surface area contributed by atoms with E-state index in [2.05, 4.69) is 31.9 Å². The van der Waals surface area contributed by atoms with Gasteiger partial charge in [-0.25, -0.2) is 8.78 Å². The Labute approximate surface area is 127 Å². The third kappa shape index (κ3) is 3.41. The van der Waals surface area contributed by atoms with Crippen molar-refractivity contribution in [1.29, 1.82) is 0 Å². The molecule has 0 saturated heterocycles. The lowest BCUT2D eigenvalue weighted by Gasteiger charge is -2.14. The molecule has 0 spiro atoms. The summed E-state index contributed by atoms with van der Waals surface area (Å²) in [7, 11) is 0. The third-order valence-corrected chi connectivity index (χ3v) is 4.34. The second-order valence-corrected chi connectivity index (χ2v) is 5.84. The van der Waals surface area contributed by atoms with Gasteiger partial charge in [-0.15, -0.1) is 0 Å². The van der Waals surface area contributed by atoms with E-state index in [1.807, 2.05) is 6.07 Å². The number of hydrogen-bond acceptors (Lipinski definition) is 1. The molecule has 0 amide bonds. The van der Waals surface area contributed by atoms with Crippen LogP contribution in [0.1, 0.15) is 17.2 Å². The fourth-order valence-electron chi connectivity index (χ4n) is 1.80. The second-order valence-electron chi connectivity index (χ2n) is 4.20. The summed E-state index contributed by atoms with van der Waals surface area (Å²) in [4.78, 5) is 0. The summed E-state index contributed by atoms with van der Waals surface area (Å²) in [6.45, 7) is 0. The Morgan fingerprint density at radius 2 is 1.79 bits per heavy atom. The molecular weight excluding hydrogens is 380 g/mol. The molecule has 2 N–H and O–H groups in total. The number of benzene rings is 2. The van der Waals surface area contributed by atoms with Crippen molar-refractivity contribution in [3.8, 4) is 0 Å². The van der Waals surface area contributed by atoms with Crippen LogP contribution in [0, 0.1) is 11.6 Å². The highest BCUT2D eigenvalue weighted by Gasteiger charge is 2.13. The van der Waals surface area contributed by atoms with Crippen LogP contribution in [0.5, 0.6) is 0 Å². The minimum atomic E-state index is -0.331. The first-order valence-electron chi connectivity index (χ1n) is 5.62. The van der Waals surface area contributed by atoms with E-state index in [4.69, 9.17) is 5.73 Å². The lowest BCUT2D eigenvalue weighted by molar-refractivity contribution is 0.611. The van der Waals surface area contributed by atoms with Crippen LogP contribution in [0.2, 0.25) is 0 Å². The van der Waals surface area contributed by atoms with Crippen molar-refractivity contribution in [3.05, 3.63) is 68.1 Å². The largest absolute Gasteiger partial charge is 0.324 e. The first-order chi connectivity index (χ1) is 8.99. The molecule has 0 aliphatic carbocycles. The zero-order chi connectivity index (χ0) is 14.0. The van der Waals surface area contributed by atoms with E-state index in [9.17, 15) is 8.78 Å². The van der Waals surface area contributed by atoms with E-state index in [1.54, 1.807) is 18.2 Å². The quantitative estimate of drug-likeness (QED) is 0.805. The van der Waals surface area contributed by atoms with Crippen LogP contribution in [-0.4, -0.2) is 0 Å². The summed E-state index contributed by atoms with van der Waals surface area (Å²) >= 11 is 6.33. The predicted octanol–water partition coefficient (Wildman–Crippen LogP) is 4.73. The zero-order valence-corrected chi connectivity index (χ0v) is 13.0. The number of halogens is 4. The fraction of sp³-hybridized carbons (Fsp3) is 0.143. The van der Waals surface area contributed by atoms with Crippen molar-refractivity contribution >= 4 is 31.9 Å². The monoisotopic (exact) mass is 389 g/mol.